The highest BCUT2D eigenvalue weighted by molar-refractivity contribution is 8.14. The van der Waals surface area contributed by atoms with Crippen molar-refractivity contribution in [2.24, 2.45) is 0 Å². The predicted molar refractivity (Wildman–Crippen MR) is 88.5 cm³/mol. The Kier molecular flexibility index (Phi) is 5.13. The number of hydrogen-bond donors (Lipinski definition) is 0. The number of nitrogens with zero attached hydrogens (tertiary/aromatic N) is 2. The summed E-state index contributed by atoms with van der Waals surface area (Å²) in [6.07, 6.45) is 0.334. The summed E-state index contributed by atoms with van der Waals surface area (Å²) < 4.78 is 0. The van der Waals surface area contributed by atoms with Gasteiger partial charge in [-0.05, 0) is 18.2 Å². The number of carbonyl (C=O) groups excluding carboxylic acids is 3. The number of amides is 2. The Labute approximate surface area is 138 Å². The van der Waals surface area contributed by atoms with Crippen molar-refractivity contribution in [3.8, 4) is 0 Å². The molecule has 0 aromatic heterocycles. The largest absolute Gasteiger partial charge is 0.345 e. The highest BCUT2D eigenvalue weighted by Gasteiger charge is 2.32. The molecule has 1 atom stereocenters. The average molecular weight is 341 g/mol. The summed E-state index contributed by atoms with van der Waals surface area (Å²) in [5.41, 5.74) is 1.05. The maximum atomic E-state index is 12.1. The molecule has 1 fully saturated rings. The van der Waals surface area contributed by atoms with Gasteiger partial charge in [-0.1, -0.05) is 23.4 Å². The normalized spacial score (nSPS) is 17.7. The summed E-state index contributed by atoms with van der Waals surface area (Å²) in [5, 5.41) is 0.281. The van der Waals surface area contributed by atoms with Crippen molar-refractivity contribution in [2.75, 3.05) is 25.5 Å². The number of rotatable bonds is 3. The quantitative estimate of drug-likeness (QED) is 0.848. The minimum atomic E-state index is -0.186. The van der Waals surface area contributed by atoms with Gasteiger partial charge in [0.05, 0.1) is 10.6 Å². The summed E-state index contributed by atoms with van der Waals surface area (Å²) in [7, 11) is 3.31. The monoisotopic (exact) mass is 340 g/mol. The van der Waals surface area contributed by atoms with Crippen LogP contribution < -0.4 is 4.90 Å². The Morgan fingerprint density at radius 3 is 2.59 bits per heavy atom. The van der Waals surface area contributed by atoms with Crippen LogP contribution in [0.4, 0.5) is 5.69 Å². The highest BCUT2D eigenvalue weighted by Crippen LogP contribution is 2.31. The number of carbonyl (C=O) groups is 3. The van der Waals surface area contributed by atoms with E-state index in [1.165, 1.54) is 23.6 Å². The van der Waals surface area contributed by atoms with Crippen LogP contribution in [0.2, 0.25) is 5.02 Å². The molecule has 0 radical (unpaired) electrons. The molecule has 0 spiro atoms. The molecule has 5 nitrogen and oxygen atoms in total. The molecule has 1 aromatic rings. The molecule has 0 bridgehead atoms. The van der Waals surface area contributed by atoms with Gasteiger partial charge in [0.25, 0.3) is 5.91 Å². The molecule has 0 N–H and O–H groups in total. The van der Waals surface area contributed by atoms with Crippen LogP contribution in [-0.4, -0.2) is 47.7 Å². The van der Waals surface area contributed by atoms with Crippen LogP contribution in [0.25, 0.3) is 0 Å². The molecule has 22 heavy (non-hydrogen) atoms. The molecule has 1 saturated heterocycles. The highest BCUT2D eigenvalue weighted by atomic mass is 35.5. The number of anilines is 1. The van der Waals surface area contributed by atoms with Crippen LogP contribution in [0.3, 0.4) is 0 Å². The van der Waals surface area contributed by atoms with E-state index < -0.39 is 0 Å². The second-order valence-electron chi connectivity index (χ2n) is 5.30. The fraction of sp³-hybridized carbons (Fsp3) is 0.400. The standard InChI is InChI=1S/C15H17ClN2O3S/c1-9(19)22-11-7-14(20)18(8-11)10-4-5-12(13(16)6-10)15(21)17(2)3/h4-6,11H,7-8H2,1-3H3. The Hall–Kier alpha value is -1.53. The van der Waals surface area contributed by atoms with Crippen molar-refractivity contribution >= 4 is 46.0 Å². The molecule has 118 valence electrons. The molecular formula is C15H17ClN2O3S. The van der Waals surface area contributed by atoms with Crippen molar-refractivity contribution in [3.63, 3.8) is 0 Å². The van der Waals surface area contributed by atoms with Crippen molar-refractivity contribution in [1.82, 2.24) is 4.90 Å². The summed E-state index contributed by atoms with van der Waals surface area (Å²) in [5.74, 6) is -0.226. The Morgan fingerprint density at radius 1 is 1.36 bits per heavy atom. The summed E-state index contributed by atoms with van der Waals surface area (Å²) in [4.78, 5) is 38.3. The van der Waals surface area contributed by atoms with E-state index in [2.05, 4.69) is 0 Å². The van der Waals surface area contributed by atoms with Crippen LogP contribution in [-0.2, 0) is 9.59 Å². The average Bonchev–Trinajstić information content (AvgIpc) is 2.77. The van der Waals surface area contributed by atoms with E-state index in [0.717, 1.165) is 0 Å². The maximum absolute atomic E-state index is 12.1. The first-order valence-electron chi connectivity index (χ1n) is 6.78. The van der Waals surface area contributed by atoms with Gasteiger partial charge in [-0.25, -0.2) is 0 Å². The van der Waals surface area contributed by atoms with Crippen molar-refractivity contribution in [1.29, 1.82) is 0 Å². The minimum Gasteiger partial charge on any atom is -0.345 e. The number of halogens is 1. The van der Waals surface area contributed by atoms with E-state index in [-0.39, 0.29) is 22.2 Å². The first-order chi connectivity index (χ1) is 10.3. The van der Waals surface area contributed by atoms with Gasteiger partial charge in [-0.15, -0.1) is 0 Å². The molecule has 0 aliphatic carbocycles. The van der Waals surface area contributed by atoms with Gasteiger partial charge in [0, 0.05) is 44.9 Å². The second-order valence-corrected chi connectivity index (χ2v) is 7.19. The van der Waals surface area contributed by atoms with Crippen molar-refractivity contribution in [3.05, 3.63) is 28.8 Å². The molecule has 1 aliphatic heterocycles. The van der Waals surface area contributed by atoms with Gasteiger partial charge < -0.3 is 9.80 Å². The summed E-state index contributed by atoms with van der Waals surface area (Å²) in [6, 6.07) is 4.96. The Balaban J connectivity index is 2.20. The zero-order chi connectivity index (χ0) is 16.4. The molecule has 1 unspecified atom stereocenters. The third-order valence-corrected chi connectivity index (χ3v) is 4.62. The SMILES string of the molecule is CC(=O)SC1CC(=O)N(c2ccc(C(=O)N(C)C)c(Cl)c2)C1. The van der Waals surface area contributed by atoms with Gasteiger partial charge in [0.2, 0.25) is 5.91 Å². The molecule has 1 aromatic carbocycles. The molecule has 2 amide bonds. The first-order valence-corrected chi connectivity index (χ1v) is 8.04. The Morgan fingerprint density at radius 2 is 2.05 bits per heavy atom. The van der Waals surface area contributed by atoms with Crippen LogP contribution in [0.15, 0.2) is 18.2 Å². The number of benzene rings is 1. The van der Waals surface area contributed by atoms with E-state index in [1.807, 2.05) is 0 Å². The zero-order valence-electron chi connectivity index (χ0n) is 12.6. The van der Waals surface area contributed by atoms with Crippen LogP contribution in [0.5, 0.6) is 0 Å². The van der Waals surface area contributed by atoms with Crippen molar-refractivity contribution < 1.29 is 14.4 Å². The van der Waals surface area contributed by atoms with Crippen LogP contribution >= 0.6 is 23.4 Å². The fourth-order valence-electron chi connectivity index (χ4n) is 2.32. The first kappa shape index (κ1) is 16.8. The smallest absolute Gasteiger partial charge is 0.254 e. The lowest BCUT2D eigenvalue weighted by molar-refractivity contribution is -0.117. The zero-order valence-corrected chi connectivity index (χ0v) is 14.2. The third-order valence-electron chi connectivity index (χ3n) is 3.32. The van der Waals surface area contributed by atoms with Crippen LogP contribution in [0, 0.1) is 0 Å². The molecule has 1 aliphatic rings. The molecule has 1 heterocycles. The van der Waals surface area contributed by atoms with E-state index in [0.29, 0.717) is 29.2 Å². The Bertz CT molecular complexity index is 633. The van der Waals surface area contributed by atoms with E-state index in [9.17, 15) is 14.4 Å². The van der Waals surface area contributed by atoms with E-state index >= 15 is 0 Å². The fourth-order valence-corrected chi connectivity index (χ4v) is 3.50. The van der Waals surface area contributed by atoms with Gasteiger partial charge in [0.15, 0.2) is 5.12 Å². The minimum absolute atomic E-state index is 0.00427. The molecule has 7 heteroatoms. The van der Waals surface area contributed by atoms with Crippen molar-refractivity contribution in [2.45, 2.75) is 18.6 Å². The maximum Gasteiger partial charge on any atom is 0.254 e. The molecule has 0 saturated carbocycles. The number of hydrogen-bond acceptors (Lipinski definition) is 4. The number of thioether (sulfide) groups is 1. The van der Waals surface area contributed by atoms with Gasteiger partial charge in [-0.2, -0.15) is 0 Å². The lowest BCUT2D eigenvalue weighted by Crippen LogP contribution is -2.26. The molecular weight excluding hydrogens is 324 g/mol. The lowest BCUT2D eigenvalue weighted by Gasteiger charge is -2.18. The van der Waals surface area contributed by atoms with Gasteiger partial charge in [0.1, 0.15) is 0 Å². The van der Waals surface area contributed by atoms with Crippen LogP contribution in [0.1, 0.15) is 23.7 Å². The van der Waals surface area contributed by atoms with E-state index in [1.54, 1.807) is 37.2 Å². The predicted octanol–water partition coefficient (Wildman–Crippen LogP) is 2.43. The molecule has 2 rings (SSSR count). The summed E-state index contributed by atoms with van der Waals surface area (Å²) in [6.45, 7) is 1.97. The lowest BCUT2D eigenvalue weighted by atomic mass is 10.1. The summed E-state index contributed by atoms with van der Waals surface area (Å²) >= 11 is 7.36. The van der Waals surface area contributed by atoms with Gasteiger partial charge >= 0.3 is 0 Å². The van der Waals surface area contributed by atoms with E-state index in [4.69, 9.17) is 11.6 Å². The topological polar surface area (TPSA) is 57.7 Å². The second kappa shape index (κ2) is 6.71. The van der Waals surface area contributed by atoms with Gasteiger partial charge in [-0.3, -0.25) is 14.4 Å². The third kappa shape index (κ3) is 3.62.